The SMILES string of the molecule is CC/C=C\C/C=C\C/C=C\C/C=C\CCCCC(=O)OC(COCCC(C(=O)[O-])[N+](C)(C)C)COC(=O)CCCCCCCCCC. The smallest absolute Gasteiger partial charge is 0.306 e. The van der Waals surface area contributed by atoms with Crippen LogP contribution in [0.1, 0.15) is 129 Å². The molecule has 0 aromatic heterocycles. The lowest BCUT2D eigenvalue weighted by Gasteiger charge is -2.34. The molecule has 0 bridgehead atoms. The van der Waals surface area contributed by atoms with Crippen molar-refractivity contribution in [3.63, 3.8) is 0 Å². The molecular formula is C39H67NO7. The number of likely N-dealkylation sites (N-methyl/N-ethyl adjacent to an activating group) is 1. The van der Waals surface area contributed by atoms with E-state index in [1.807, 2.05) is 0 Å². The van der Waals surface area contributed by atoms with Crippen LogP contribution in [0.2, 0.25) is 0 Å². The van der Waals surface area contributed by atoms with E-state index >= 15 is 0 Å². The Morgan fingerprint density at radius 1 is 0.660 bits per heavy atom. The highest BCUT2D eigenvalue weighted by atomic mass is 16.6. The molecule has 0 rings (SSSR count). The predicted molar refractivity (Wildman–Crippen MR) is 189 cm³/mol. The second-order valence-electron chi connectivity index (χ2n) is 13.1. The lowest BCUT2D eigenvalue weighted by atomic mass is 10.1. The van der Waals surface area contributed by atoms with Crippen molar-refractivity contribution in [2.75, 3.05) is 41.0 Å². The van der Waals surface area contributed by atoms with E-state index in [1.54, 1.807) is 21.1 Å². The maximum Gasteiger partial charge on any atom is 0.306 e. The third-order valence-electron chi connectivity index (χ3n) is 7.73. The minimum Gasteiger partial charge on any atom is -0.544 e. The molecule has 0 amide bonds. The molecule has 8 heteroatoms. The van der Waals surface area contributed by atoms with Gasteiger partial charge in [0.1, 0.15) is 12.6 Å². The van der Waals surface area contributed by atoms with Gasteiger partial charge in [-0.15, -0.1) is 0 Å². The van der Waals surface area contributed by atoms with Crippen molar-refractivity contribution >= 4 is 17.9 Å². The van der Waals surface area contributed by atoms with Crippen molar-refractivity contribution in [3.05, 3.63) is 48.6 Å². The van der Waals surface area contributed by atoms with Gasteiger partial charge >= 0.3 is 11.9 Å². The molecule has 0 aliphatic heterocycles. The normalized spacial score (nSPS) is 13.6. The average Bonchev–Trinajstić information content (AvgIpc) is 3.01. The lowest BCUT2D eigenvalue weighted by molar-refractivity contribution is -0.889. The summed E-state index contributed by atoms with van der Waals surface area (Å²) in [7, 11) is 5.37. The molecule has 2 unspecified atom stereocenters. The number of hydrogen-bond donors (Lipinski definition) is 0. The van der Waals surface area contributed by atoms with Crippen LogP contribution in [0.25, 0.3) is 0 Å². The Kier molecular flexibility index (Phi) is 28.8. The highest BCUT2D eigenvalue weighted by Gasteiger charge is 2.25. The third-order valence-corrected chi connectivity index (χ3v) is 7.73. The van der Waals surface area contributed by atoms with Crippen LogP contribution in [0.15, 0.2) is 48.6 Å². The molecule has 8 nitrogen and oxygen atoms in total. The fourth-order valence-electron chi connectivity index (χ4n) is 4.88. The van der Waals surface area contributed by atoms with Gasteiger partial charge in [0.05, 0.1) is 40.3 Å². The van der Waals surface area contributed by atoms with Crippen LogP contribution in [0, 0.1) is 0 Å². The van der Waals surface area contributed by atoms with E-state index in [2.05, 4.69) is 62.5 Å². The number of unbranched alkanes of at least 4 members (excludes halogenated alkanes) is 9. The number of ether oxygens (including phenoxy) is 3. The maximum absolute atomic E-state index is 12.6. The molecule has 0 spiro atoms. The zero-order chi connectivity index (χ0) is 35.0. The lowest BCUT2D eigenvalue weighted by Crippen LogP contribution is -2.55. The van der Waals surface area contributed by atoms with Gasteiger partial charge in [0.15, 0.2) is 6.10 Å². The Bertz CT molecular complexity index is 917. The van der Waals surface area contributed by atoms with E-state index in [-0.39, 0.29) is 49.1 Å². The minimum absolute atomic E-state index is 0.0235. The number of nitrogens with zero attached hydrogens (tertiary/aromatic N) is 1. The van der Waals surface area contributed by atoms with Crippen molar-refractivity contribution in [3.8, 4) is 0 Å². The van der Waals surface area contributed by atoms with Gasteiger partial charge in [0, 0.05) is 19.3 Å². The van der Waals surface area contributed by atoms with E-state index in [4.69, 9.17) is 14.2 Å². The van der Waals surface area contributed by atoms with Gasteiger partial charge < -0.3 is 28.6 Å². The van der Waals surface area contributed by atoms with Crippen LogP contribution in [0.3, 0.4) is 0 Å². The number of aliphatic carboxylic acids is 1. The molecule has 0 heterocycles. The third kappa shape index (κ3) is 29.2. The van der Waals surface area contributed by atoms with Crippen LogP contribution in [0.5, 0.6) is 0 Å². The van der Waals surface area contributed by atoms with Crippen molar-refractivity contribution in [1.82, 2.24) is 0 Å². The van der Waals surface area contributed by atoms with Gasteiger partial charge in [-0.1, -0.05) is 107 Å². The number of carboxylic acids is 1. The van der Waals surface area contributed by atoms with E-state index in [0.29, 0.717) is 12.8 Å². The molecule has 0 N–H and O–H groups in total. The fourth-order valence-corrected chi connectivity index (χ4v) is 4.88. The summed E-state index contributed by atoms with van der Waals surface area (Å²) in [6.07, 6.45) is 32.9. The van der Waals surface area contributed by atoms with Gasteiger partial charge in [-0.3, -0.25) is 9.59 Å². The highest BCUT2D eigenvalue weighted by Crippen LogP contribution is 2.12. The van der Waals surface area contributed by atoms with Crippen LogP contribution in [0.4, 0.5) is 0 Å². The predicted octanol–water partition coefficient (Wildman–Crippen LogP) is 7.57. The fraction of sp³-hybridized carbons (Fsp3) is 0.718. The number of esters is 2. The van der Waals surface area contributed by atoms with Gasteiger partial charge in [-0.05, 0) is 51.4 Å². The molecule has 0 aromatic rings. The topological polar surface area (TPSA) is 102 Å². The summed E-state index contributed by atoms with van der Waals surface area (Å²) in [5.74, 6) is -1.80. The van der Waals surface area contributed by atoms with E-state index in [1.165, 1.54) is 32.1 Å². The Balaban J connectivity index is 4.52. The molecule has 270 valence electrons. The first-order chi connectivity index (χ1) is 22.6. The van der Waals surface area contributed by atoms with E-state index in [9.17, 15) is 19.5 Å². The largest absolute Gasteiger partial charge is 0.544 e. The number of hydrogen-bond acceptors (Lipinski definition) is 7. The van der Waals surface area contributed by atoms with Crippen LogP contribution >= 0.6 is 0 Å². The summed E-state index contributed by atoms with van der Waals surface area (Å²) in [6.45, 7) is 4.44. The van der Waals surface area contributed by atoms with Crippen LogP contribution in [-0.2, 0) is 28.6 Å². The van der Waals surface area contributed by atoms with Crippen LogP contribution in [-0.4, -0.2) is 75.5 Å². The monoisotopic (exact) mass is 661 g/mol. The first-order valence-electron chi connectivity index (χ1n) is 18.2. The second kappa shape index (κ2) is 30.6. The van der Waals surface area contributed by atoms with Crippen LogP contribution < -0.4 is 5.11 Å². The first-order valence-corrected chi connectivity index (χ1v) is 18.2. The second-order valence-corrected chi connectivity index (χ2v) is 13.1. The van der Waals surface area contributed by atoms with Gasteiger partial charge in [-0.25, -0.2) is 0 Å². The summed E-state index contributed by atoms with van der Waals surface area (Å²) < 4.78 is 17.0. The number of carboxylic acid groups (broad SMARTS) is 1. The Morgan fingerprint density at radius 2 is 1.19 bits per heavy atom. The summed E-state index contributed by atoms with van der Waals surface area (Å²) >= 11 is 0. The molecule has 0 aliphatic rings. The standard InChI is InChI=1S/C39H67NO7/c1-6-8-10-12-14-16-17-18-19-20-21-22-24-26-28-30-38(42)47-35(33-45-32-31-36(39(43)44)40(3,4)5)34-46-37(41)29-27-25-23-15-13-11-9-7-2/h8,10,14,16,18-19,21-22,35-36H,6-7,9,11-13,15,17,20,23-34H2,1-5H3/b10-8-,16-14-,19-18-,22-21-. The maximum atomic E-state index is 12.6. The average molecular weight is 662 g/mol. The van der Waals surface area contributed by atoms with E-state index < -0.39 is 18.1 Å². The van der Waals surface area contributed by atoms with Crippen molar-refractivity contribution in [2.45, 2.75) is 142 Å². The van der Waals surface area contributed by atoms with Crippen molar-refractivity contribution in [1.29, 1.82) is 0 Å². The number of allylic oxidation sites excluding steroid dienone is 8. The summed E-state index contributed by atoms with van der Waals surface area (Å²) in [4.78, 5) is 36.5. The molecule has 0 radical (unpaired) electrons. The molecule has 0 aromatic carbocycles. The van der Waals surface area contributed by atoms with Crippen molar-refractivity contribution < 1.29 is 38.2 Å². The molecule has 2 atom stereocenters. The molecular weight excluding hydrogens is 594 g/mol. The zero-order valence-electron chi connectivity index (χ0n) is 30.4. The molecule has 0 fully saturated rings. The quantitative estimate of drug-likeness (QED) is 0.0327. The Hall–Kier alpha value is -2.71. The zero-order valence-corrected chi connectivity index (χ0v) is 30.4. The molecule has 0 saturated heterocycles. The molecule has 47 heavy (non-hydrogen) atoms. The summed E-state index contributed by atoms with van der Waals surface area (Å²) in [5, 5.41) is 11.5. The Labute approximate surface area is 286 Å². The minimum atomic E-state index is -1.13. The number of quaternary nitrogens is 1. The summed E-state index contributed by atoms with van der Waals surface area (Å²) in [6, 6.07) is -0.731. The van der Waals surface area contributed by atoms with Crippen molar-refractivity contribution in [2.24, 2.45) is 0 Å². The highest BCUT2D eigenvalue weighted by molar-refractivity contribution is 5.70. The summed E-state index contributed by atoms with van der Waals surface area (Å²) in [5.41, 5.74) is 0. The first kappa shape index (κ1) is 44.3. The molecule has 0 saturated carbocycles. The Morgan fingerprint density at radius 3 is 1.77 bits per heavy atom. The van der Waals surface area contributed by atoms with Gasteiger partial charge in [0.25, 0.3) is 0 Å². The van der Waals surface area contributed by atoms with Gasteiger partial charge in [0.2, 0.25) is 0 Å². The molecule has 0 aliphatic carbocycles. The number of carbonyl (C=O) groups excluding carboxylic acids is 3. The van der Waals surface area contributed by atoms with Gasteiger partial charge in [-0.2, -0.15) is 0 Å². The number of rotatable bonds is 31. The number of carbonyl (C=O) groups is 3. The van der Waals surface area contributed by atoms with E-state index in [0.717, 1.165) is 57.8 Å².